The number of fused-ring (bicyclic) bond motifs is 1. The SMILES string of the molecule is Cc1noc(C)c1-n1nc(CN2CCOCC2)c2ccccc21. The lowest BCUT2D eigenvalue weighted by molar-refractivity contribution is 0.0338. The van der Waals surface area contributed by atoms with Gasteiger partial charge < -0.3 is 9.26 Å². The quantitative estimate of drug-likeness (QED) is 0.743. The van der Waals surface area contributed by atoms with Gasteiger partial charge in [-0.15, -0.1) is 0 Å². The molecule has 0 atom stereocenters. The Bertz CT molecular complexity index is 811. The second-order valence-electron chi connectivity index (χ2n) is 5.94. The maximum Gasteiger partial charge on any atom is 0.159 e. The second-order valence-corrected chi connectivity index (χ2v) is 5.94. The number of aromatic nitrogens is 3. The van der Waals surface area contributed by atoms with E-state index < -0.39 is 0 Å². The van der Waals surface area contributed by atoms with Gasteiger partial charge in [-0.2, -0.15) is 5.10 Å². The van der Waals surface area contributed by atoms with E-state index in [-0.39, 0.29) is 0 Å². The van der Waals surface area contributed by atoms with Crippen molar-refractivity contribution in [3.05, 3.63) is 41.4 Å². The van der Waals surface area contributed by atoms with Crippen LogP contribution in [0.4, 0.5) is 0 Å². The first kappa shape index (κ1) is 14.4. The number of para-hydroxylation sites is 1. The number of benzene rings is 1. The number of rotatable bonds is 3. The lowest BCUT2D eigenvalue weighted by Gasteiger charge is -2.25. The summed E-state index contributed by atoms with van der Waals surface area (Å²) in [5.74, 6) is 0.786. The van der Waals surface area contributed by atoms with Crippen molar-refractivity contribution in [3.63, 3.8) is 0 Å². The van der Waals surface area contributed by atoms with E-state index in [9.17, 15) is 0 Å². The molecule has 0 radical (unpaired) electrons. The molecule has 120 valence electrons. The summed E-state index contributed by atoms with van der Waals surface area (Å²) in [6, 6.07) is 8.32. The van der Waals surface area contributed by atoms with E-state index in [1.165, 1.54) is 5.39 Å². The molecule has 3 aromatic rings. The highest BCUT2D eigenvalue weighted by molar-refractivity contribution is 5.83. The van der Waals surface area contributed by atoms with Crippen LogP contribution in [0.15, 0.2) is 28.8 Å². The molecule has 1 aromatic carbocycles. The van der Waals surface area contributed by atoms with Gasteiger partial charge in [-0.05, 0) is 19.9 Å². The molecule has 0 unspecified atom stereocenters. The first-order valence-electron chi connectivity index (χ1n) is 7.94. The van der Waals surface area contributed by atoms with E-state index in [1.54, 1.807) is 0 Å². The number of hydrogen-bond acceptors (Lipinski definition) is 5. The Morgan fingerprint density at radius 1 is 1.13 bits per heavy atom. The third kappa shape index (κ3) is 2.54. The molecule has 0 aliphatic carbocycles. The third-order valence-corrected chi connectivity index (χ3v) is 4.35. The Kier molecular flexibility index (Phi) is 3.63. The summed E-state index contributed by atoms with van der Waals surface area (Å²) in [6.07, 6.45) is 0. The van der Waals surface area contributed by atoms with Gasteiger partial charge in [0.25, 0.3) is 0 Å². The van der Waals surface area contributed by atoms with Crippen LogP contribution < -0.4 is 0 Å². The van der Waals surface area contributed by atoms with Crippen LogP contribution in [0.5, 0.6) is 0 Å². The summed E-state index contributed by atoms with van der Waals surface area (Å²) in [6.45, 7) is 8.20. The zero-order chi connectivity index (χ0) is 15.8. The van der Waals surface area contributed by atoms with Crippen molar-refractivity contribution in [2.45, 2.75) is 20.4 Å². The molecule has 0 spiro atoms. The van der Waals surface area contributed by atoms with Crippen LogP contribution in [0, 0.1) is 13.8 Å². The Hall–Kier alpha value is -2.18. The number of morpholine rings is 1. The Morgan fingerprint density at radius 3 is 2.65 bits per heavy atom. The third-order valence-electron chi connectivity index (χ3n) is 4.35. The molecule has 1 aliphatic rings. The van der Waals surface area contributed by atoms with Gasteiger partial charge in [0.15, 0.2) is 5.76 Å². The molecule has 1 saturated heterocycles. The number of nitrogens with zero attached hydrogens (tertiary/aromatic N) is 4. The fourth-order valence-corrected chi connectivity index (χ4v) is 3.17. The largest absolute Gasteiger partial charge is 0.379 e. The van der Waals surface area contributed by atoms with Gasteiger partial charge in [0, 0.05) is 25.0 Å². The van der Waals surface area contributed by atoms with E-state index >= 15 is 0 Å². The van der Waals surface area contributed by atoms with E-state index in [1.807, 2.05) is 24.6 Å². The first-order valence-corrected chi connectivity index (χ1v) is 7.94. The molecule has 1 fully saturated rings. The maximum atomic E-state index is 5.43. The van der Waals surface area contributed by atoms with Gasteiger partial charge >= 0.3 is 0 Å². The fourth-order valence-electron chi connectivity index (χ4n) is 3.17. The molecule has 23 heavy (non-hydrogen) atoms. The van der Waals surface area contributed by atoms with Crippen LogP contribution in [0.3, 0.4) is 0 Å². The molecule has 4 rings (SSSR count). The second kappa shape index (κ2) is 5.79. The molecule has 6 nitrogen and oxygen atoms in total. The average molecular weight is 312 g/mol. The number of aryl methyl sites for hydroxylation is 2. The van der Waals surface area contributed by atoms with Crippen LogP contribution in [0.2, 0.25) is 0 Å². The van der Waals surface area contributed by atoms with Crippen LogP contribution >= 0.6 is 0 Å². The summed E-state index contributed by atoms with van der Waals surface area (Å²) in [7, 11) is 0. The van der Waals surface area contributed by atoms with Gasteiger partial charge in [0.1, 0.15) is 11.4 Å². The summed E-state index contributed by atoms with van der Waals surface area (Å²) < 4.78 is 12.7. The maximum absolute atomic E-state index is 5.43. The van der Waals surface area contributed by atoms with Gasteiger partial charge in [-0.1, -0.05) is 23.4 Å². The highest BCUT2D eigenvalue weighted by Crippen LogP contribution is 2.26. The molecule has 0 bridgehead atoms. The van der Waals surface area contributed by atoms with Crippen LogP contribution in [0.1, 0.15) is 17.1 Å². The van der Waals surface area contributed by atoms with Crippen LogP contribution in [0.25, 0.3) is 16.6 Å². The molecule has 0 saturated carbocycles. The highest BCUT2D eigenvalue weighted by Gasteiger charge is 2.20. The molecule has 0 N–H and O–H groups in total. The van der Waals surface area contributed by atoms with Crippen molar-refractivity contribution < 1.29 is 9.26 Å². The predicted octanol–water partition coefficient (Wildman–Crippen LogP) is 2.46. The zero-order valence-electron chi connectivity index (χ0n) is 13.5. The van der Waals surface area contributed by atoms with Gasteiger partial charge in [-0.25, -0.2) is 4.68 Å². The minimum atomic E-state index is 0.786. The average Bonchev–Trinajstić information content (AvgIpc) is 3.09. The van der Waals surface area contributed by atoms with Gasteiger partial charge in [0.2, 0.25) is 0 Å². The van der Waals surface area contributed by atoms with Crippen molar-refractivity contribution >= 4 is 10.9 Å². The molecular formula is C17H20N4O2. The summed E-state index contributed by atoms with van der Waals surface area (Å²) in [4.78, 5) is 2.38. The fraction of sp³-hybridized carbons (Fsp3) is 0.412. The van der Waals surface area contributed by atoms with Crippen molar-refractivity contribution in [3.8, 4) is 5.69 Å². The van der Waals surface area contributed by atoms with Gasteiger partial charge in [-0.3, -0.25) is 4.90 Å². The van der Waals surface area contributed by atoms with Crippen molar-refractivity contribution in [1.82, 2.24) is 19.8 Å². The normalized spacial score (nSPS) is 16.3. The Balaban J connectivity index is 1.80. The standard InChI is InChI=1S/C17H20N4O2/c1-12-17(13(2)23-19-12)21-16-6-4-3-5-14(16)15(18-21)11-20-7-9-22-10-8-20/h3-6H,7-11H2,1-2H3. The predicted molar refractivity (Wildman–Crippen MR) is 86.7 cm³/mol. The minimum Gasteiger partial charge on any atom is -0.379 e. The monoisotopic (exact) mass is 312 g/mol. The lowest BCUT2D eigenvalue weighted by Crippen LogP contribution is -2.35. The van der Waals surface area contributed by atoms with Crippen molar-refractivity contribution in [2.75, 3.05) is 26.3 Å². The number of hydrogen-bond donors (Lipinski definition) is 0. The first-order chi connectivity index (χ1) is 11.2. The highest BCUT2D eigenvalue weighted by atomic mass is 16.5. The molecule has 1 aliphatic heterocycles. The number of ether oxygens (including phenoxy) is 1. The lowest BCUT2D eigenvalue weighted by atomic mass is 10.2. The Morgan fingerprint density at radius 2 is 1.91 bits per heavy atom. The smallest absolute Gasteiger partial charge is 0.159 e. The van der Waals surface area contributed by atoms with Crippen molar-refractivity contribution in [2.24, 2.45) is 0 Å². The molecule has 3 heterocycles. The summed E-state index contributed by atoms with van der Waals surface area (Å²) in [5.41, 5.74) is 3.97. The molecule has 2 aromatic heterocycles. The van der Waals surface area contributed by atoms with E-state index in [0.717, 1.165) is 61.2 Å². The topological polar surface area (TPSA) is 56.3 Å². The van der Waals surface area contributed by atoms with E-state index in [4.69, 9.17) is 14.4 Å². The summed E-state index contributed by atoms with van der Waals surface area (Å²) in [5, 5.41) is 10.1. The van der Waals surface area contributed by atoms with Crippen molar-refractivity contribution in [1.29, 1.82) is 0 Å². The minimum absolute atomic E-state index is 0.786. The Labute approximate surface area is 134 Å². The van der Waals surface area contributed by atoms with Gasteiger partial charge in [0.05, 0.1) is 24.4 Å². The molecular weight excluding hydrogens is 292 g/mol. The van der Waals surface area contributed by atoms with Crippen LogP contribution in [-0.4, -0.2) is 46.1 Å². The van der Waals surface area contributed by atoms with Crippen LogP contribution in [-0.2, 0) is 11.3 Å². The van der Waals surface area contributed by atoms with E-state index in [0.29, 0.717) is 0 Å². The zero-order valence-corrected chi connectivity index (χ0v) is 13.5. The molecule has 6 heteroatoms. The summed E-state index contributed by atoms with van der Waals surface area (Å²) >= 11 is 0. The molecule has 0 amide bonds. The van der Waals surface area contributed by atoms with E-state index in [2.05, 4.69) is 28.3 Å².